The van der Waals surface area contributed by atoms with Crippen molar-refractivity contribution in [3.63, 3.8) is 0 Å². The summed E-state index contributed by atoms with van der Waals surface area (Å²) in [6.07, 6.45) is -6.43. The highest BCUT2D eigenvalue weighted by molar-refractivity contribution is 6.41. The average Bonchev–Trinajstić information content (AvgIpc) is 2.69. The van der Waals surface area contributed by atoms with Crippen molar-refractivity contribution in [2.75, 3.05) is 0 Å². The van der Waals surface area contributed by atoms with Crippen LogP contribution in [0.4, 0.5) is 18.0 Å². The van der Waals surface area contributed by atoms with Gasteiger partial charge in [-0.1, -0.05) is 46.4 Å². The van der Waals surface area contributed by atoms with E-state index in [-0.39, 0.29) is 20.4 Å². The first-order chi connectivity index (χ1) is 10.1. The number of benzene rings is 1. The first kappa shape index (κ1) is 17.2. The summed E-state index contributed by atoms with van der Waals surface area (Å²) in [6.45, 7) is 0. The van der Waals surface area contributed by atoms with Crippen molar-refractivity contribution >= 4 is 52.5 Å². The van der Waals surface area contributed by atoms with E-state index in [0.29, 0.717) is 0 Å². The number of ether oxygens (including phenoxy) is 1. The van der Waals surface area contributed by atoms with Gasteiger partial charge in [0.1, 0.15) is 0 Å². The van der Waals surface area contributed by atoms with Crippen molar-refractivity contribution in [2.24, 2.45) is 0 Å². The van der Waals surface area contributed by atoms with Gasteiger partial charge in [-0.15, -0.1) is 0 Å². The van der Waals surface area contributed by atoms with Gasteiger partial charge in [-0.05, 0) is 18.2 Å². The molecule has 0 N–H and O–H groups in total. The van der Waals surface area contributed by atoms with Crippen LogP contribution in [0.15, 0.2) is 18.2 Å². The molecule has 0 fully saturated rings. The van der Waals surface area contributed by atoms with Gasteiger partial charge in [0.25, 0.3) is 0 Å². The number of carbonyl (C=O) groups is 1. The van der Waals surface area contributed by atoms with Crippen LogP contribution in [0.25, 0.3) is 0 Å². The summed E-state index contributed by atoms with van der Waals surface area (Å²) in [4.78, 5) is 14.9. The number of hydrogen-bond acceptors (Lipinski definition) is 3. The monoisotopic (exact) mass is 392 g/mol. The minimum absolute atomic E-state index is 0.00513. The van der Waals surface area contributed by atoms with Crippen LogP contribution < -0.4 is 4.74 Å². The van der Waals surface area contributed by atoms with E-state index >= 15 is 0 Å². The normalized spacial score (nSPS) is 11.6. The fourth-order valence-electron chi connectivity index (χ4n) is 1.43. The van der Waals surface area contributed by atoms with Gasteiger partial charge in [-0.3, -0.25) is 0 Å². The summed E-state index contributed by atoms with van der Waals surface area (Å²) < 4.78 is 43.2. The topological polar surface area (TPSA) is 44.1 Å². The van der Waals surface area contributed by atoms with Gasteiger partial charge < -0.3 is 4.74 Å². The molecule has 0 bridgehead atoms. The number of aromatic nitrogens is 2. The Kier molecular flexibility index (Phi) is 4.81. The summed E-state index contributed by atoms with van der Waals surface area (Å²) in [6, 6.07) is 3.80. The zero-order valence-electron chi connectivity index (χ0n) is 10.1. The molecule has 0 aliphatic carbocycles. The maximum atomic E-state index is 12.8. The Labute approximate surface area is 141 Å². The molecule has 0 saturated heterocycles. The minimum Gasteiger partial charge on any atom is -0.408 e. The smallest absolute Gasteiger partial charge is 0.408 e. The van der Waals surface area contributed by atoms with Gasteiger partial charge in [-0.2, -0.15) is 13.2 Å². The third-order valence-electron chi connectivity index (χ3n) is 2.31. The molecule has 1 aromatic heterocycles. The van der Waals surface area contributed by atoms with Crippen molar-refractivity contribution in [3.8, 4) is 5.75 Å². The summed E-state index contributed by atoms with van der Waals surface area (Å²) in [5.41, 5.74) is 0. The lowest BCUT2D eigenvalue weighted by atomic mass is 10.3. The summed E-state index contributed by atoms with van der Waals surface area (Å²) in [5, 5.41) is -1.24. The molecule has 11 heteroatoms. The Morgan fingerprint density at radius 3 is 2.36 bits per heavy atom. The second kappa shape index (κ2) is 6.16. The number of imidazole rings is 1. The van der Waals surface area contributed by atoms with Crippen LogP contribution in [0.5, 0.6) is 5.75 Å². The molecule has 1 heterocycles. The first-order valence-corrected chi connectivity index (χ1v) is 6.80. The zero-order chi connectivity index (χ0) is 16.7. The van der Waals surface area contributed by atoms with Gasteiger partial charge >= 0.3 is 12.3 Å². The zero-order valence-corrected chi connectivity index (χ0v) is 13.1. The summed E-state index contributed by atoms with van der Waals surface area (Å²) in [7, 11) is 0. The van der Waals surface area contributed by atoms with Crippen LogP contribution in [0, 0.1) is 0 Å². The fourth-order valence-corrected chi connectivity index (χ4v) is 2.23. The Balaban J connectivity index is 2.42. The molecular formula is C11H3Cl4F3N2O2. The molecule has 118 valence electrons. The van der Waals surface area contributed by atoms with E-state index in [2.05, 4.69) is 4.98 Å². The Bertz CT molecular complexity index is 746. The quantitative estimate of drug-likeness (QED) is 0.636. The van der Waals surface area contributed by atoms with E-state index in [1.165, 1.54) is 18.2 Å². The van der Waals surface area contributed by atoms with Crippen molar-refractivity contribution in [1.82, 2.24) is 9.55 Å². The largest absolute Gasteiger partial charge is 0.450 e. The summed E-state index contributed by atoms with van der Waals surface area (Å²) >= 11 is 22.4. The summed E-state index contributed by atoms with van der Waals surface area (Å²) in [5.74, 6) is -1.82. The highest BCUT2D eigenvalue weighted by Gasteiger charge is 2.41. The van der Waals surface area contributed by atoms with Crippen LogP contribution in [0.2, 0.25) is 20.4 Å². The van der Waals surface area contributed by atoms with Gasteiger partial charge in [0.2, 0.25) is 5.82 Å². The minimum atomic E-state index is -4.96. The van der Waals surface area contributed by atoms with E-state index in [4.69, 9.17) is 51.1 Å². The molecule has 22 heavy (non-hydrogen) atoms. The number of halogens is 7. The van der Waals surface area contributed by atoms with Gasteiger partial charge in [0.15, 0.2) is 16.1 Å². The predicted octanol–water partition coefficient (Wildman–Crippen LogP) is 5.56. The molecule has 0 aliphatic rings. The lowest BCUT2D eigenvalue weighted by Gasteiger charge is -2.11. The Morgan fingerprint density at radius 2 is 1.82 bits per heavy atom. The number of alkyl halides is 3. The first-order valence-electron chi connectivity index (χ1n) is 5.29. The number of carbonyl (C=O) groups excluding carboxylic acids is 1. The van der Waals surface area contributed by atoms with Crippen LogP contribution in [-0.2, 0) is 6.18 Å². The van der Waals surface area contributed by atoms with Crippen LogP contribution in [0.3, 0.4) is 0 Å². The number of nitrogens with zero attached hydrogens (tertiary/aromatic N) is 2. The fraction of sp³-hybridized carbons (Fsp3) is 0.0909. The van der Waals surface area contributed by atoms with E-state index < -0.39 is 28.4 Å². The molecule has 2 aromatic rings. The molecule has 0 amide bonds. The van der Waals surface area contributed by atoms with Crippen molar-refractivity contribution in [1.29, 1.82) is 0 Å². The maximum Gasteiger partial charge on any atom is 0.450 e. The number of hydrogen-bond donors (Lipinski definition) is 0. The molecule has 0 unspecified atom stereocenters. The SMILES string of the molecule is O=C(Oc1ccc(Cl)cc1Cl)n1c(C(F)(F)F)nc(Cl)c1Cl. The molecule has 2 rings (SSSR count). The van der Waals surface area contributed by atoms with Crippen molar-refractivity contribution < 1.29 is 22.7 Å². The maximum absolute atomic E-state index is 12.8. The van der Waals surface area contributed by atoms with Crippen LogP contribution in [0.1, 0.15) is 5.82 Å². The van der Waals surface area contributed by atoms with Gasteiger partial charge in [0.05, 0.1) is 5.02 Å². The molecule has 0 aliphatic heterocycles. The average molecular weight is 394 g/mol. The predicted molar refractivity (Wildman–Crippen MR) is 75.1 cm³/mol. The Morgan fingerprint density at radius 1 is 1.18 bits per heavy atom. The standard InChI is InChI=1S/C11H3Cl4F3N2O2/c12-4-1-2-6(5(13)3-4)22-10(21)20-8(15)7(14)19-9(20)11(16,17)18/h1-3H. The van der Waals surface area contributed by atoms with Crippen LogP contribution >= 0.6 is 46.4 Å². The highest BCUT2D eigenvalue weighted by atomic mass is 35.5. The van der Waals surface area contributed by atoms with Crippen molar-refractivity contribution in [2.45, 2.75) is 6.18 Å². The van der Waals surface area contributed by atoms with Crippen LogP contribution in [-0.4, -0.2) is 15.6 Å². The molecule has 1 aromatic carbocycles. The van der Waals surface area contributed by atoms with Gasteiger partial charge in [0, 0.05) is 5.02 Å². The molecule has 4 nitrogen and oxygen atoms in total. The van der Waals surface area contributed by atoms with E-state index in [0.717, 1.165) is 0 Å². The van der Waals surface area contributed by atoms with E-state index in [1.54, 1.807) is 0 Å². The molecular weight excluding hydrogens is 391 g/mol. The van der Waals surface area contributed by atoms with Crippen molar-refractivity contribution in [3.05, 3.63) is 44.4 Å². The molecule has 0 atom stereocenters. The second-order valence-electron chi connectivity index (χ2n) is 3.79. The van der Waals surface area contributed by atoms with E-state index in [9.17, 15) is 18.0 Å². The lowest BCUT2D eigenvalue weighted by Crippen LogP contribution is -2.24. The van der Waals surface area contributed by atoms with E-state index in [1.807, 2.05) is 0 Å². The van der Waals surface area contributed by atoms with Gasteiger partial charge in [-0.25, -0.2) is 14.3 Å². The Hall–Kier alpha value is -1.15. The second-order valence-corrected chi connectivity index (χ2v) is 5.35. The third-order valence-corrected chi connectivity index (χ3v) is 3.55. The molecule has 0 saturated carbocycles. The molecule has 0 spiro atoms. The number of rotatable bonds is 1. The third kappa shape index (κ3) is 3.43. The molecule has 0 radical (unpaired) electrons. The highest BCUT2D eigenvalue weighted by Crippen LogP contribution is 2.35. The lowest BCUT2D eigenvalue weighted by molar-refractivity contribution is -0.146.